The van der Waals surface area contributed by atoms with Crippen molar-refractivity contribution in [3.8, 4) is 0 Å². The van der Waals surface area contributed by atoms with Crippen LogP contribution in [0.5, 0.6) is 0 Å². The van der Waals surface area contributed by atoms with Crippen molar-refractivity contribution in [3.05, 3.63) is 35.9 Å². The minimum absolute atomic E-state index is 0.103. The van der Waals surface area contributed by atoms with Gasteiger partial charge in [0.2, 0.25) is 5.91 Å². The first kappa shape index (κ1) is 18.4. The minimum Gasteiger partial charge on any atom is -0.351 e. The predicted octanol–water partition coefficient (Wildman–Crippen LogP) is 2.05. The molecule has 138 valence electrons. The molecule has 0 aliphatic carbocycles. The number of hydrogen-bond donors (Lipinski definition) is 3. The van der Waals surface area contributed by atoms with Crippen LogP contribution in [0.2, 0.25) is 0 Å². The summed E-state index contributed by atoms with van der Waals surface area (Å²) in [7, 11) is 0. The molecule has 0 spiro atoms. The molecule has 2 aliphatic rings. The summed E-state index contributed by atoms with van der Waals surface area (Å²) in [5, 5.41) is 3.27. The average Bonchev–Trinajstić information content (AvgIpc) is 3.04. The number of carbonyl (C=O) groups excluding carboxylic acids is 1. The fraction of sp³-hybridized carbons (Fsp3) is 0.650. The van der Waals surface area contributed by atoms with Gasteiger partial charge in [0.25, 0.3) is 0 Å². The molecule has 5 nitrogen and oxygen atoms in total. The maximum atomic E-state index is 12.6. The number of piperidine rings is 1. The van der Waals surface area contributed by atoms with E-state index in [1.807, 2.05) is 0 Å². The molecular formula is C20H32N4O. The van der Waals surface area contributed by atoms with E-state index >= 15 is 0 Å². The number of benzene rings is 1. The Labute approximate surface area is 151 Å². The van der Waals surface area contributed by atoms with Crippen LogP contribution < -0.4 is 16.2 Å². The van der Waals surface area contributed by atoms with E-state index < -0.39 is 0 Å². The predicted molar refractivity (Wildman–Crippen MR) is 101 cm³/mol. The number of carbonyl (C=O) groups is 1. The van der Waals surface area contributed by atoms with Gasteiger partial charge >= 0.3 is 0 Å². The fourth-order valence-corrected chi connectivity index (χ4v) is 3.98. The van der Waals surface area contributed by atoms with Gasteiger partial charge in [-0.25, -0.2) is 5.43 Å². The monoisotopic (exact) mass is 344 g/mol. The zero-order valence-corrected chi connectivity index (χ0v) is 15.5. The van der Waals surface area contributed by atoms with Crippen molar-refractivity contribution >= 4 is 5.91 Å². The quantitative estimate of drug-likeness (QED) is 0.739. The van der Waals surface area contributed by atoms with Gasteiger partial charge in [0.1, 0.15) is 6.04 Å². The van der Waals surface area contributed by atoms with E-state index in [1.54, 1.807) is 0 Å². The number of hydrazine groups is 1. The van der Waals surface area contributed by atoms with Crippen LogP contribution in [0.3, 0.4) is 0 Å². The summed E-state index contributed by atoms with van der Waals surface area (Å²) in [4.78, 5) is 15.0. The second kappa shape index (κ2) is 8.79. The van der Waals surface area contributed by atoms with E-state index in [1.165, 1.54) is 5.56 Å². The number of nitrogens with one attached hydrogen (secondary N) is 3. The Morgan fingerprint density at radius 2 is 2.08 bits per heavy atom. The van der Waals surface area contributed by atoms with Crippen molar-refractivity contribution in [1.29, 1.82) is 0 Å². The second-order valence-electron chi connectivity index (χ2n) is 7.97. The molecule has 0 aromatic heterocycles. The summed E-state index contributed by atoms with van der Waals surface area (Å²) in [6.07, 6.45) is 4.20. The van der Waals surface area contributed by atoms with E-state index in [2.05, 4.69) is 65.2 Å². The molecule has 1 amide bonds. The number of nitrogens with zero attached hydrogens (tertiary/aromatic N) is 1. The zero-order chi connectivity index (χ0) is 17.6. The SMILES string of the molecule is CC(C)CC1CC(C(=O)NC2CCCN(Cc3ccccc3)C2)NN1. The Morgan fingerprint density at radius 3 is 2.84 bits per heavy atom. The molecule has 2 aliphatic heterocycles. The van der Waals surface area contributed by atoms with E-state index in [9.17, 15) is 4.79 Å². The Hall–Kier alpha value is -1.43. The van der Waals surface area contributed by atoms with E-state index in [0.29, 0.717) is 12.0 Å². The smallest absolute Gasteiger partial charge is 0.238 e. The van der Waals surface area contributed by atoms with Gasteiger partial charge < -0.3 is 5.32 Å². The molecule has 3 rings (SSSR count). The maximum Gasteiger partial charge on any atom is 0.238 e. The Morgan fingerprint density at radius 1 is 1.28 bits per heavy atom. The molecule has 25 heavy (non-hydrogen) atoms. The van der Waals surface area contributed by atoms with Crippen LogP contribution in [0.4, 0.5) is 0 Å². The lowest BCUT2D eigenvalue weighted by atomic mass is 9.99. The van der Waals surface area contributed by atoms with Gasteiger partial charge in [0.15, 0.2) is 0 Å². The highest BCUT2D eigenvalue weighted by Gasteiger charge is 2.31. The summed E-state index contributed by atoms with van der Waals surface area (Å²) in [5.74, 6) is 0.788. The summed E-state index contributed by atoms with van der Waals surface area (Å²) in [5.41, 5.74) is 7.79. The Kier molecular flexibility index (Phi) is 6.45. The molecule has 2 fully saturated rings. The Bertz CT molecular complexity index is 548. The molecule has 1 aromatic carbocycles. The van der Waals surface area contributed by atoms with Crippen molar-refractivity contribution in [3.63, 3.8) is 0 Å². The highest BCUT2D eigenvalue weighted by atomic mass is 16.2. The Balaban J connectivity index is 1.45. The third-order valence-corrected chi connectivity index (χ3v) is 5.16. The van der Waals surface area contributed by atoms with Crippen LogP contribution in [-0.4, -0.2) is 42.0 Å². The first-order valence-corrected chi connectivity index (χ1v) is 9.68. The molecule has 1 aromatic rings. The average molecular weight is 345 g/mol. The molecule has 3 N–H and O–H groups in total. The van der Waals surface area contributed by atoms with Crippen LogP contribution in [0.15, 0.2) is 30.3 Å². The molecule has 0 radical (unpaired) electrons. The lowest BCUT2D eigenvalue weighted by Gasteiger charge is -2.33. The number of rotatable bonds is 6. The highest BCUT2D eigenvalue weighted by molar-refractivity contribution is 5.82. The van der Waals surface area contributed by atoms with E-state index in [4.69, 9.17) is 0 Å². The van der Waals surface area contributed by atoms with Gasteiger partial charge in [-0.2, -0.15) is 0 Å². The van der Waals surface area contributed by atoms with E-state index in [0.717, 1.165) is 45.3 Å². The van der Waals surface area contributed by atoms with Crippen molar-refractivity contribution in [2.24, 2.45) is 5.92 Å². The van der Waals surface area contributed by atoms with Crippen LogP contribution in [0.25, 0.3) is 0 Å². The number of hydrogen-bond acceptors (Lipinski definition) is 4. The summed E-state index contributed by atoms with van der Waals surface area (Å²) >= 11 is 0. The molecular weight excluding hydrogens is 312 g/mol. The third-order valence-electron chi connectivity index (χ3n) is 5.16. The molecule has 5 heteroatoms. The largest absolute Gasteiger partial charge is 0.351 e. The molecule has 2 saturated heterocycles. The normalized spacial score (nSPS) is 27.6. The minimum atomic E-state index is -0.103. The zero-order valence-electron chi connectivity index (χ0n) is 15.5. The number of amides is 1. The maximum absolute atomic E-state index is 12.6. The van der Waals surface area contributed by atoms with Crippen LogP contribution in [0.1, 0.15) is 45.1 Å². The fourth-order valence-electron chi connectivity index (χ4n) is 3.98. The van der Waals surface area contributed by atoms with Crippen LogP contribution in [0, 0.1) is 5.92 Å². The summed E-state index contributed by atoms with van der Waals surface area (Å²) < 4.78 is 0. The third kappa shape index (κ3) is 5.53. The molecule has 2 heterocycles. The lowest BCUT2D eigenvalue weighted by Crippen LogP contribution is -2.52. The second-order valence-corrected chi connectivity index (χ2v) is 7.97. The summed E-state index contributed by atoms with van der Waals surface area (Å²) in [6, 6.07) is 11.1. The van der Waals surface area contributed by atoms with Crippen LogP contribution >= 0.6 is 0 Å². The lowest BCUT2D eigenvalue weighted by molar-refractivity contribution is -0.124. The van der Waals surface area contributed by atoms with Crippen LogP contribution in [-0.2, 0) is 11.3 Å². The standard InChI is InChI=1S/C20H32N4O/c1-15(2)11-18-12-19(23-22-18)20(25)21-17-9-6-10-24(14-17)13-16-7-4-3-5-8-16/h3-5,7-8,15,17-19,22-23H,6,9-14H2,1-2H3,(H,21,25). The van der Waals surface area contributed by atoms with E-state index in [-0.39, 0.29) is 18.0 Å². The van der Waals surface area contributed by atoms with Gasteiger partial charge in [-0.3, -0.25) is 15.1 Å². The summed E-state index contributed by atoms with van der Waals surface area (Å²) in [6.45, 7) is 7.46. The number of likely N-dealkylation sites (tertiary alicyclic amines) is 1. The van der Waals surface area contributed by atoms with Crippen molar-refractivity contribution in [1.82, 2.24) is 21.1 Å². The highest BCUT2D eigenvalue weighted by Crippen LogP contribution is 2.16. The van der Waals surface area contributed by atoms with Crippen molar-refractivity contribution in [2.45, 2.75) is 64.2 Å². The molecule has 0 bridgehead atoms. The van der Waals surface area contributed by atoms with Gasteiger partial charge in [-0.1, -0.05) is 44.2 Å². The van der Waals surface area contributed by atoms with Gasteiger partial charge in [-0.05, 0) is 43.7 Å². The molecule has 3 atom stereocenters. The first-order valence-electron chi connectivity index (χ1n) is 9.68. The first-order chi connectivity index (χ1) is 12.1. The molecule has 3 unspecified atom stereocenters. The van der Waals surface area contributed by atoms with Crippen molar-refractivity contribution in [2.75, 3.05) is 13.1 Å². The van der Waals surface area contributed by atoms with Gasteiger partial charge in [0.05, 0.1) is 0 Å². The van der Waals surface area contributed by atoms with Crippen molar-refractivity contribution < 1.29 is 4.79 Å². The molecule has 0 saturated carbocycles. The topological polar surface area (TPSA) is 56.4 Å². The van der Waals surface area contributed by atoms with Gasteiger partial charge in [-0.15, -0.1) is 0 Å². The van der Waals surface area contributed by atoms with Gasteiger partial charge in [0, 0.05) is 25.2 Å².